The maximum Gasteiger partial charge on any atom is 0.251 e. The van der Waals surface area contributed by atoms with E-state index >= 15 is 0 Å². The van der Waals surface area contributed by atoms with Crippen molar-refractivity contribution < 1.29 is 14.3 Å². The second kappa shape index (κ2) is 5.48. The summed E-state index contributed by atoms with van der Waals surface area (Å²) >= 11 is 0. The van der Waals surface area contributed by atoms with Gasteiger partial charge in [0.05, 0.1) is 6.04 Å². The maximum absolute atomic E-state index is 12.4. The fourth-order valence-electron chi connectivity index (χ4n) is 2.60. The number of hydrogen-bond donors (Lipinski definition) is 1. The van der Waals surface area contributed by atoms with Gasteiger partial charge in [0.2, 0.25) is 5.91 Å². The van der Waals surface area contributed by atoms with Crippen LogP contribution in [0.25, 0.3) is 0 Å². The zero-order valence-electron chi connectivity index (χ0n) is 12.3. The Labute approximate surface area is 124 Å². The van der Waals surface area contributed by atoms with E-state index in [2.05, 4.69) is 5.32 Å². The van der Waals surface area contributed by atoms with Crippen molar-refractivity contribution in [2.45, 2.75) is 38.0 Å². The molecule has 2 aliphatic rings. The van der Waals surface area contributed by atoms with Gasteiger partial charge in [-0.2, -0.15) is 0 Å². The Morgan fingerprint density at radius 3 is 2.57 bits per heavy atom. The van der Waals surface area contributed by atoms with E-state index in [1.54, 1.807) is 11.9 Å². The van der Waals surface area contributed by atoms with Crippen LogP contribution in [-0.2, 0) is 14.3 Å². The number of morpholine rings is 1. The van der Waals surface area contributed by atoms with E-state index in [0.717, 1.165) is 24.0 Å². The number of hydrogen-bond acceptors (Lipinski definition) is 3. The minimum Gasteiger partial charge on any atom is -0.356 e. The van der Waals surface area contributed by atoms with Gasteiger partial charge in [-0.1, -0.05) is 29.8 Å². The predicted molar refractivity (Wildman–Crippen MR) is 77.6 cm³/mol. The molecule has 0 aromatic heterocycles. The van der Waals surface area contributed by atoms with Crippen molar-refractivity contribution in [3.05, 3.63) is 35.4 Å². The average molecular weight is 288 g/mol. The summed E-state index contributed by atoms with van der Waals surface area (Å²) in [6.45, 7) is 1.97. The molecule has 0 spiro atoms. The number of carbonyl (C=O) groups excluding carboxylic acids is 2. The van der Waals surface area contributed by atoms with Crippen molar-refractivity contribution in [3.8, 4) is 0 Å². The maximum atomic E-state index is 12.4. The minimum absolute atomic E-state index is 0.0401. The van der Waals surface area contributed by atoms with Crippen LogP contribution in [0.15, 0.2) is 24.3 Å². The highest BCUT2D eigenvalue weighted by Gasteiger charge is 2.41. The number of carbonyl (C=O) groups is 2. The Bertz CT molecular complexity index is 551. The molecule has 2 fully saturated rings. The number of nitrogens with one attached hydrogen (secondary N) is 1. The smallest absolute Gasteiger partial charge is 0.251 e. The van der Waals surface area contributed by atoms with Crippen molar-refractivity contribution in [2.24, 2.45) is 0 Å². The molecule has 5 heteroatoms. The van der Waals surface area contributed by atoms with Gasteiger partial charge in [-0.15, -0.1) is 0 Å². The number of ether oxygens (including phenoxy) is 1. The zero-order valence-corrected chi connectivity index (χ0v) is 12.3. The molecule has 1 aliphatic carbocycles. The van der Waals surface area contributed by atoms with E-state index < -0.39 is 6.10 Å². The van der Waals surface area contributed by atoms with Gasteiger partial charge in [0.25, 0.3) is 5.91 Å². The first-order valence-electron chi connectivity index (χ1n) is 7.30. The van der Waals surface area contributed by atoms with Gasteiger partial charge in [-0.3, -0.25) is 9.59 Å². The lowest BCUT2D eigenvalue weighted by Crippen LogP contribution is -2.53. The molecule has 1 aromatic rings. The molecule has 112 valence electrons. The van der Waals surface area contributed by atoms with E-state index in [1.165, 1.54) is 0 Å². The topological polar surface area (TPSA) is 58.6 Å². The van der Waals surface area contributed by atoms with E-state index in [0.29, 0.717) is 0 Å². The standard InChI is InChI=1S/C16H20N2O3/c1-10-3-5-11(6-4-10)14-15(16(20)17-12-7-8-12)21-9-13(19)18(14)2/h3-6,12,14-15H,7-9H2,1-2H3,(H,17,20)/t14-,15+/m0/s1. The van der Waals surface area contributed by atoms with Crippen LogP contribution >= 0.6 is 0 Å². The van der Waals surface area contributed by atoms with Crippen LogP contribution in [0.5, 0.6) is 0 Å². The quantitative estimate of drug-likeness (QED) is 0.908. The van der Waals surface area contributed by atoms with E-state index in [1.807, 2.05) is 31.2 Å². The van der Waals surface area contributed by atoms with Crippen molar-refractivity contribution in [3.63, 3.8) is 0 Å². The Balaban J connectivity index is 1.86. The molecule has 0 bridgehead atoms. The average Bonchev–Trinajstić information content (AvgIpc) is 3.27. The van der Waals surface area contributed by atoms with Gasteiger partial charge >= 0.3 is 0 Å². The Kier molecular flexibility index (Phi) is 3.68. The largest absolute Gasteiger partial charge is 0.356 e. The highest BCUT2D eigenvalue weighted by molar-refractivity contribution is 5.86. The summed E-state index contributed by atoms with van der Waals surface area (Å²) < 4.78 is 5.55. The fourth-order valence-corrected chi connectivity index (χ4v) is 2.60. The van der Waals surface area contributed by atoms with Gasteiger partial charge in [-0.25, -0.2) is 0 Å². The Morgan fingerprint density at radius 2 is 1.95 bits per heavy atom. The van der Waals surface area contributed by atoms with Crippen LogP contribution in [0.1, 0.15) is 30.0 Å². The first kappa shape index (κ1) is 14.1. The Morgan fingerprint density at radius 1 is 1.29 bits per heavy atom. The third-order valence-corrected chi connectivity index (χ3v) is 4.08. The molecule has 0 radical (unpaired) electrons. The summed E-state index contributed by atoms with van der Waals surface area (Å²) in [5, 5.41) is 2.97. The molecule has 2 amide bonds. The molecule has 1 saturated carbocycles. The third-order valence-electron chi connectivity index (χ3n) is 4.08. The SMILES string of the molecule is Cc1ccc([C@H]2[C@H](C(=O)NC3CC3)OCC(=O)N2C)cc1. The summed E-state index contributed by atoms with van der Waals surface area (Å²) in [6.07, 6.45) is 1.42. The molecule has 1 saturated heterocycles. The highest BCUT2D eigenvalue weighted by atomic mass is 16.5. The molecule has 5 nitrogen and oxygen atoms in total. The summed E-state index contributed by atoms with van der Waals surface area (Å²) in [4.78, 5) is 25.9. The summed E-state index contributed by atoms with van der Waals surface area (Å²) in [6, 6.07) is 7.79. The van der Waals surface area contributed by atoms with E-state index in [-0.39, 0.29) is 30.5 Å². The Hall–Kier alpha value is -1.88. The van der Waals surface area contributed by atoms with Crippen molar-refractivity contribution in [2.75, 3.05) is 13.7 Å². The molecule has 3 rings (SSSR count). The third kappa shape index (κ3) is 2.93. The summed E-state index contributed by atoms with van der Waals surface area (Å²) in [7, 11) is 1.73. The fraction of sp³-hybridized carbons (Fsp3) is 0.500. The number of nitrogens with zero attached hydrogens (tertiary/aromatic N) is 1. The molecule has 1 aromatic carbocycles. The van der Waals surface area contributed by atoms with E-state index in [9.17, 15) is 9.59 Å². The normalized spacial score (nSPS) is 25.8. The van der Waals surface area contributed by atoms with Crippen molar-refractivity contribution >= 4 is 11.8 Å². The number of rotatable bonds is 3. The number of likely N-dealkylation sites (N-methyl/N-ethyl adjacent to an activating group) is 1. The second-order valence-electron chi connectivity index (χ2n) is 5.87. The van der Waals surface area contributed by atoms with E-state index in [4.69, 9.17) is 4.74 Å². The van der Waals surface area contributed by atoms with Crippen LogP contribution in [0.4, 0.5) is 0 Å². The number of aryl methyl sites for hydroxylation is 1. The van der Waals surface area contributed by atoms with Gasteiger partial charge in [0, 0.05) is 13.1 Å². The molecule has 2 atom stereocenters. The second-order valence-corrected chi connectivity index (χ2v) is 5.87. The first-order chi connectivity index (χ1) is 10.1. The highest BCUT2D eigenvalue weighted by Crippen LogP contribution is 2.30. The van der Waals surface area contributed by atoms with Gasteiger partial charge in [0.1, 0.15) is 6.61 Å². The van der Waals surface area contributed by atoms with Gasteiger partial charge in [0.15, 0.2) is 6.10 Å². The van der Waals surface area contributed by atoms with Gasteiger partial charge in [-0.05, 0) is 25.3 Å². The lowest BCUT2D eigenvalue weighted by atomic mass is 9.96. The monoisotopic (exact) mass is 288 g/mol. The molecular weight excluding hydrogens is 268 g/mol. The number of amides is 2. The predicted octanol–water partition coefficient (Wildman–Crippen LogP) is 1.17. The summed E-state index contributed by atoms with van der Waals surface area (Å²) in [5.41, 5.74) is 2.07. The number of benzene rings is 1. The van der Waals surface area contributed by atoms with Crippen LogP contribution < -0.4 is 5.32 Å². The van der Waals surface area contributed by atoms with Crippen LogP contribution in [-0.4, -0.2) is 42.5 Å². The lowest BCUT2D eigenvalue weighted by Gasteiger charge is -2.38. The molecule has 1 N–H and O–H groups in total. The van der Waals surface area contributed by atoms with Crippen LogP contribution in [0.2, 0.25) is 0 Å². The molecule has 21 heavy (non-hydrogen) atoms. The lowest BCUT2D eigenvalue weighted by molar-refractivity contribution is -0.162. The zero-order chi connectivity index (χ0) is 15.0. The van der Waals surface area contributed by atoms with Crippen LogP contribution in [0.3, 0.4) is 0 Å². The summed E-state index contributed by atoms with van der Waals surface area (Å²) in [5.74, 6) is -0.224. The van der Waals surface area contributed by atoms with Crippen molar-refractivity contribution in [1.82, 2.24) is 10.2 Å². The molecule has 1 heterocycles. The minimum atomic E-state index is -0.643. The first-order valence-corrected chi connectivity index (χ1v) is 7.30. The van der Waals surface area contributed by atoms with Crippen molar-refractivity contribution in [1.29, 1.82) is 0 Å². The molecular formula is C16H20N2O3. The molecule has 0 unspecified atom stereocenters. The molecule has 1 aliphatic heterocycles. The van der Waals surface area contributed by atoms with Gasteiger partial charge < -0.3 is 15.0 Å². The van der Waals surface area contributed by atoms with Crippen LogP contribution in [0, 0.1) is 6.92 Å².